The predicted octanol–water partition coefficient (Wildman–Crippen LogP) is 2.93. The first-order valence-electron chi connectivity index (χ1n) is 1.91. The van der Waals surface area contributed by atoms with Crippen LogP contribution >= 0.6 is 38.5 Å². The quantitative estimate of drug-likeness (QED) is 0.363. The Morgan fingerprint density at radius 1 is 1.43 bits per heavy atom. The first-order valence-corrected chi connectivity index (χ1v) is 8.12. The third-order valence-corrected chi connectivity index (χ3v) is 7.79. The van der Waals surface area contributed by atoms with E-state index in [1.807, 2.05) is 0 Å². The number of rotatable bonds is 1. The molecule has 0 rings (SSSR count). The first-order chi connectivity index (χ1) is 2.94. The molecule has 0 bridgehead atoms. The van der Waals surface area contributed by atoms with Crippen LogP contribution in [0.25, 0.3) is 0 Å². The smallest absolute Gasteiger partial charge is 0.124 e. The summed E-state index contributed by atoms with van der Waals surface area (Å²) in [5.41, 5.74) is 0. The molecule has 0 spiro atoms. The average Bonchev–Trinajstić information content (AvgIpc) is 1.31. The number of hydrogen-bond donors (Lipinski definition) is 0. The van der Waals surface area contributed by atoms with E-state index in [0.717, 1.165) is 0 Å². The molecule has 0 nitrogen and oxygen atoms in total. The van der Waals surface area contributed by atoms with Gasteiger partial charge in [0, 0.05) is 0 Å². The summed E-state index contributed by atoms with van der Waals surface area (Å²) >= 11 is 14.5. The van der Waals surface area contributed by atoms with Gasteiger partial charge in [0.2, 0.25) is 0 Å². The normalized spacial score (nSPS) is 12.9. The van der Waals surface area contributed by atoms with Crippen molar-refractivity contribution in [2.75, 3.05) is 0 Å². The maximum atomic E-state index is 5.53. The maximum Gasteiger partial charge on any atom is 0.160 e. The van der Waals surface area contributed by atoms with E-state index in [9.17, 15) is 0 Å². The van der Waals surface area contributed by atoms with Gasteiger partial charge >= 0.3 is 0 Å². The Hall–Kier alpha value is 1.28. The van der Waals surface area contributed by atoms with Crippen LogP contribution in [0.15, 0.2) is 0 Å². The van der Waals surface area contributed by atoms with Crippen molar-refractivity contribution in [3.8, 4) is 0 Å². The fourth-order valence-electron chi connectivity index (χ4n) is 0. The molecule has 0 saturated carbocycles. The molecular weight excluding hydrogens is 215 g/mol. The van der Waals surface area contributed by atoms with Gasteiger partial charge in [-0.1, -0.05) is 13.1 Å². The van der Waals surface area contributed by atoms with Crippen LogP contribution in [0.4, 0.5) is 0 Å². The molecule has 0 aliphatic rings. The van der Waals surface area contributed by atoms with Crippen molar-refractivity contribution in [2.24, 2.45) is 0 Å². The van der Waals surface area contributed by atoms with E-state index < -0.39 is 6.69 Å². The van der Waals surface area contributed by atoms with Crippen LogP contribution in [-0.2, 0) is 0 Å². The number of hydrogen-bond acceptors (Lipinski definition) is 0. The van der Waals surface area contributed by atoms with Gasteiger partial charge in [-0.25, -0.2) is 0 Å². The molecule has 0 amide bonds. The largest absolute Gasteiger partial charge is 0.160 e. The highest BCUT2D eigenvalue weighted by atomic mass is 79.9. The van der Waals surface area contributed by atoms with Gasteiger partial charge < -0.3 is 0 Å². The Morgan fingerprint density at radius 3 is 1.57 bits per heavy atom. The highest BCUT2D eigenvalue weighted by Crippen LogP contribution is 2.23. The van der Waals surface area contributed by atoms with Crippen molar-refractivity contribution >= 4 is 45.2 Å². The highest BCUT2D eigenvalue weighted by Gasteiger charge is 2.24. The molecule has 0 atom stereocenters. The Kier molecular flexibility index (Phi) is 3.21. The number of halogens is 3. The lowest BCUT2D eigenvalue weighted by Gasteiger charge is -2.12. The summed E-state index contributed by atoms with van der Waals surface area (Å²) < 4.78 is -0.201. The van der Waals surface area contributed by atoms with Crippen LogP contribution in [0.1, 0.15) is 0 Å². The first kappa shape index (κ1) is 8.28. The summed E-state index contributed by atoms with van der Waals surface area (Å²) in [6, 6.07) is 0. The lowest BCUT2D eigenvalue weighted by Crippen LogP contribution is -2.25. The zero-order valence-electron chi connectivity index (χ0n) is 4.21. The lowest BCUT2D eigenvalue weighted by atomic mass is 11.8. The van der Waals surface area contributed by atoms with E-state index in [-0.39, 0.29) is 4.46 Å². The summed E-state index contributed by atoms with van der Waals surface area (Å²) in [4.78, 5) is 0. The predicted molar refractivity (Wildman–Crippen MR) is 41.9 cm³/mol. The molecule has 0 N–H and O–H groups in total. The van der Waals surface area contributed by atoms with Crippen molar-refractivity contribution in [1.82, 2.24) is 0 Å². The second-order valence-corrected chi connectivity index (χ2v) is 13.5. The second-order valence-electron chi connectivity index (χ2n) is 1.87. The molecule has 0 unspecified atom stereocenters. The van der Waals surface area contributed by atoms with Gasteiger partial charge in [-0.3, -0.25) is 0 Å². The molecule has 0 radical (unpaired) electrons. The third kappa shape index (κ3) is 3.83. The molecule has 0 aromatic carbocycles. The Balaban J connectivity index is 3.54. The van der Waals surface area contributed by atoms with Crippen molar-refractivity contribution in [1.29, 1.82) is 0 Å². The Morgan fingerprint density at radius 2 is 1.57 bits per heavy atom. The van der Waals surface area contributed by atoms with Crippen molar-refractivity contribution in [2.45, 2.75) is 17.6 Å². The highest BCUT2D eigenvalue weighted by molar-refractivity contribution is 9.26. The van der Waals surface area contributed by atoms with Crippen LogP contribution in [0.2, 0.25) is 13.1 Å². The van der Waals surface area contributed by atoms with Crippen LogP contribution < -0.4 is 0 Å². The van der Waals surface area contributed by atoms with Gasteiger partial charge in [0.25, 0.3) is 0 Å². The molecular formula is C3H7BrCl2Si. The standard InChI is InChI=1S/C3H7BrCl2Si/c1-7(2,4)3(5)6/h3H,1-2H3. The van der Waals surface area contributed by atoms with Crippen LogP contribution in [0.5, 0.6) is 0 Å². The minimum absolute atomic E-state index is 0.201. The van der Waals surface area contributed by atoms with E-state index in [1.165, 1.54) is 0 Å². The lowest BCUT2D eigenvalue weighted by molar-refractivity contribution is 1.71. The van der Waals surface area contributed by atoms with E-state index in [2.05, 4.69) is 28.4 Å². The SMILES string of the molecule is C[Si](C)(Br)C(Cl)Cl. The molecule has 0 heterocycles. The van der Waals surface area contributed by atoms with E-state index in [0.29, 0.717) is 0 Å². The van der Waals surface area contributed by atoms with Crippen molar-refractivity contribution in [3.05, 3.63) is 0 Å². The van der Waals surface area contributed by atoms with Gasteiger partial charge in [-0.15, -0.1) is 38.5 Å². The molecule has 44 valence electrons. The summed E-state index contributed by atoms with van der Waals surface area (Å²) in [6.07, 6.45) is 0. The monoisotopic (exact) mass is 220 g/mol. The minimum atomic E-state index is -1.39. The van der Waals surface area contributed by atoms with E-state index in [1.54, 1.807) is 0 Å². The summed E-state index contributed by atoms with van der Waals surface area (Å²) in [6.45, 7) is 2.72. The van der Waals surface area contributed by atoms with Crippen molar-refractivity contribution in [3.63, 3.8) is 0 Å². The van der Waals surface area contributed by atoms with Crippen LogP contribution in [0.3, 0.4) is 0 Å². The van der Waals surface area contributed by atoms with E-state index in [4.69, 9.17) is 23.2 Å². The zero-order chi connectivity index (χ0) is 6.08. The van der Waals surface area contributed by atoms with Crippen LogP contribution in [0, 0.1) is 0 Å². The van der Waals surface area contributed by atoms with E-state index >= 15 is 0 Å². The molecule has 0 aromatic rings. The maximum absolute atomic E-state index is 5.53. The summed E-state index contributed by atoms with van der Waals surface area (Å²) in [5.74, 6) is 0. The third-order valence-electron chi connectivity index (χ3n) is 0.519. The molecule has 0 fully saturated rings. The zero-order valence-corrected chi connectivity index (χ0v) is 8.31. The van der Waals surface area contributed by atoms with Gasteiger partial charge in [-0.05, 0) is 0 Å². The molecule has 0 aliphatic carbocycles. The van der Waals surface area contributed by atoms with Gasteiger partial charge in [0.15, 0.2) is 6.69 Å². The second kappa shape index (κ2) is 2.71. The molecule has 0 aliphatic heterocycles. The summed E-state index contributed by atoms with van der Waals surface area (Å²) in [5, 5.41) is 0. The Bertz CT molecular complexity index is 58.4. The fraction of sp³-hybridized carbons (Fsp3) is 1.00. The molecule has 7 heavy (non-hydrogen) atoms. The van der Waals surface area contributed by atoms with Gasteiger partial charge in [-0.2, -0.15) is 0 Å². The van der Waals surface area contributed by atoms with Gasteiger partial charge in [0.05, 0.1) is 0 Å². The number of alkyl halides is 2. The fourth-order valence-corrected chi connectivity index (χ4v) is 0. The molecule has 0 aromatic heterocycles. The molecule has 0 saturated heterocycles. The topological polar surface area (TPSA) is 0 Å². The van der Waals surface area contributed by atoms with Crippen LogP contribution in [-0.4, -0.2) is 11.2 Å². The van der Waals surface area contributed by atoms with Gasteiger partial charge in [0.1, 0.15) is 4.46 Å². The molecule has 4 heteroatoms. The Labute approximate surface area is 62.8 Å². The summed E-state index contributed by atoms with van der Waals surface area (Å²) in [7, 11) is 0. The van der Waals surface area contributed by atoms with Crippen molar-refractivity contribution < 1.29 is 0 Å². The average molecular weight is 222 g/mol. The minimum Gasteiger partial charge on any atom is -0.124 e.